The third-order valence-electron chi connectivity index (χ3n) is 4.00. The van der Waals surface area contributed by atoms with Gasteiger partial charge in [0.1, 0.15) is 6.42 Å². The molecule has 0 bridgehead atoms. The molecule has 2 aromatic rings. The maximum absolute atomic E-state index is 12.8. The highest BCUT2D eigenvalue weighted by molar-refractivity contribution is 7.92. The SMILES string of the molecule is CC(C)c1ccccc1NS(=O)(=O)c1ccc2c(c1)NC(=O)CC(=O)N2. The van der Waals surface area contributed by atoms with E-state index < -0.39 is 21.8 Å². The summed E-state index contributed by atoms with van der Waals surface area (Å²) in [5, 5.41) is 5.11. The molecule has 0 aliphatic carbocycles. The van der Waals surface area contributed by atoms with E-state index in [1.165, 1.54) is 18.2 Å². The van der Waals surface area contributed by atoms with Crippen LogP contribution in [0.15, 0.2) is 47.4 Å². The Kier molecular flexibility index (Phi) is 4.69. The minimum absolute atomic E-state index is 0.00809. The van der Waals surface area contributed by atoms with Crippen molar-refractivity contribution in [3.8, 4) is 0 Å². The van der Waals surface area contributed by atoms with Gasteiger partial charge in [-0.25, -0.2) is 8.42 Å². The topological polar surface area (TPSA) is 104 Å². The lowest BCUT2D eigenvalue weighted by Gasteiger charge is -2.16. The molecule has 8 heteroatoms. The molecule has 0 radical (unpaired) electrons. The van der Waals surface area contributed by atoms with Crippen LogP contribution >= 0.6 is 0 Å². The van der Waals surface area contributed by atoms with Crippen molar-refractivity contribution in [3.63, 3.8) is 0 Å². The van der Waals surface area contributed by atoms with Gasteiger partial charge in [0.05, 0.1) is 22.0 Å². The molecule has 0 fully saturated rings. The van der Waals surface area contributed by atoms with Crippen molar-refractivity contribution in [3.05, 3.63) is 48.0 Å². The lowest BCUT2D eigenvalue weighted by atomic mass is 10.0. The van der Waals surface area contributed by atoms with Gasteiger partial charge in [0.2, 0.25) is 11.8 Å². The fourth-order valence-electron chi connectivity index (χ4n) is 2.73. The van der Waals surface area contributed by atoms with Crippen molar-refractivity contribution in [1.82, 2.24) is 0 Å². The predicted octanol–water partition coefficient (Wildman–Crippen LogP) is 2.89. The predicted molar refractivity (Wildman–Crippen MR) is 99.7 cm³/mol. The molecule has 1 aliphatic heterocycles. The first-order valence-corrected chi connectivity index (χ1v) is 9.60. The standard InChI is InChI=1S/C18H19N3O4S/c1-11(2)13-5-3-4-6-14(13)21-26(24,25)12-7-8-15-16(9-12)20-18(23)10-17(22)19-15/h3-9,11,21H,10H2,1-2H3,(H,19,22)(H,20,23). The number of nitrogens with one attached hydrogen (secondary N) is 3. The highest BCUT2D eigenvalue weighted by Crippen LogP contribution is 2.30. The molecule has 3 rings (SSSR count). The third-order valence-corrected chi connectivity index (χ3v) is 5.36. The van der Waals surface area contributed by atoms with E-state index in [0.717, 1.165) is 5.56 Å². The number of rotatable bonds is 4. The number of benzene rings is 2. The summed E-state index contributed by atoms with van der Waals surface area (Å²) in [4.78, 5) is 23.3. The van der Waals surface area contributed by atoms with Gasteiger partial charge in [0.25, 0.3) is 10.0 Å². The zero-order valence-electron chi connectivity index (χ0n) is 14.4. The van der Waals surface area contributed by atoms with E-state index in [1.54, 1.807) is 12.1 Å². The van der Waals surface area contributed by atoms with Crippen LogP contribution in [0.5, 0.6) is 0 Å². The summed E-state index contributed by atoms with van der Waals surface area (Å²) in [6, 6.07) is 11.4. The van der Waals surface area contributed by atoms with Gasteiger partial charge in [-0.15, -0.1) is 0 Å². The number of sulfonamides is 1. The van der Waals surface area contributed by atoms with E-state index in [4.69, 9.17) is 0 Å². The van der Waals surface area contributed by atoms with Crippen LogP contribution < -0.4 is 15.4 Å². The van der Waals surface area contributed by atoms with E-state index in [0.29, 0.717) is 11.4 Å². The first kappa shape index (κ1) is 17.9. The molecular formula is C18H19N3O4S. The minimum atomic E-state index is -3.86. The summed E-state index contributed by atoms with van der Waals surface area (Å²) in [5.41, 5.74) is 2.00. The van der Waals surface area contributed by atoms with E-state index in [2.05, 4.69) is 15.4 Å². The second-order valence-corrected chi connectivity index (χ2v) is 8.01. The Labute approximate surface area is 151 Å². The van der Waals surface area contributed by atoms with Crippen molar-refractivity contribution >= 4 is 38.9 Å². The molecular weight excluding hydrogens is 354 g/mol. The van der Waals surface area contributed by atoms with Crippen LogP contribution in [0.1, 0.15) is 31.7 Å². The highest BCUT2D eigenvalue weighted by atomic mass is 32.2. The Bertz CT molecular complexity index is 984. The number of amides is 2. The normalized spacial score (nSPS) is 14.3. The lowest BCUT2D eigenvalue weighted by Crippen LogP contribution is -2.16. The van der Waals surface area contributed by atoms with Crippen LogP contribution in [0.3, 0.4) is 0 Å². The number of fused-ring (bicyclic) bond motifs is 1. The van der Waals surface area contributed by atoms with Gasteiger partial charge >= 0.3 is 0 Å². The van der Waals surface area contributed by atoms with E-state index >= 15 is 0 Å². The van der Waals surface area contributed by atoms with Crippen LogP contribution in [0.25, 0.3) is 0 Å². The van der Waals surface area contributed by atoms with Gasteiger partial charge in [0, 0.05) is 0 Å². The maximum Gasteiger partial charge on any atom is 0.261 e. The van der Waals surface area contributed by atoms with Crippen LogP contribution in [0.2, 0.25) is 0 Å². The molecule has 0 saturated carbocycles. The van der Waals surface area contributed by atoms with Crippen molar-refractivity contribution in [2.45, 2.75) is 31.1 Å². The Hall–Kier alpha value is -2.87. The Morgan fingerprint density at radius 1 is 0.962 bits per heavy atom. The molecule has 1 heterocycles. The average Bonchev–Trinajstić information content (AvgIpc) is 2.70. The molecule has 0 spiro atoms. The summed E-state index contributed by atoms with van der Waals surface area (Å²) in [5.74, 6) is -0.787. The van der Waals surface area contributed by atoms with Gasteiger partial charge in [-0.3, -0.25) is 14.3 Å². The summed E-state index contributed by atoms with van der Waals surface area (Å²) in [6.45, 7) is 3.96. The second-order valence-electron chi connectivity index (χ2n) is 6.33. The summed E-state index contributed by atoms with van der Waals surface area (Å²) < 4.78 is 28.2. The number of para-hydroxylation sites is 1. The molecule has 0 aromatic heterocycles. The van der Waals surface area contributed by atoms with Gasteiger partial charge < -0.3 is 10.6 Å². The number of hydrogen-bond acceptors (Lipinski definition) is 4. The maximum atomic E-state index is 12.8. The molecule has 26 heavy (non-hydrogen) atoms. The molecule has 1 aliphatic rings. The van der Waals surface area contributed by atoms with Crippen LogP contribution in [-0.2, 0) is 19.6 Å². The number of anilines is 3. The fourth-order valence-corrected chi connectivity index (χ4v) is 3.85. The highest BCUT2D eigenvalue weighted by Gasteiger charge is 2.22. The average molecular weight is 373 g/mol. The second kappa shape index (κ2) is 6.80. The van der Waals surface area contributed by atoms with Gasteiger partial charge in [-0.05, 0) is 35.7 Å². The van der Waals surface area contributed by atoms with Crippen molar-refractivity contribution in [2.75, 3.05) is 15.4 Å². The molecule has 0 saturated heterocycles. The van der Waals surface area contributed by atoms with Crippen molar-refractivity contribution < 1.29 is 18.0 Å². The van der Waals surface area contributed by atoms with Crippen molar-refractivity contribution in [2.24, 2.45) is 0 Å². The quantitative estimate of drug-likeness (QED) is 0.717. The number of carbonyl (C=O) groups is 2. The first-order chi connectivity index (χ1) is 12.3. The van der Waals surface area contributed by atoms with Crippen LogP contribution in [0.4, 0.5) is 17.1 Å². The molecule has 7 nitrogen and oxygen atoms in total. The minimum Gasteiger partial charge on any atom is -0.324 e. The third kappa shape index (κ3) is 3.70. The Morgan fingerprint density at radius 2 is 1.62 bits per heavy atom. The van der Waals surface area contributed by atoms with E-state index in [9.17, 15) is 18.0 Å². The first-order valence-electron chi connectivity index (χ1n) is 8.12. The molecule has 136 valence electrons. The Balaban J connectivity index is 1.96. The van der Waals surface area contributed by atoms with Crippen LogP contribution in [-0.4, -0.2) is 20.2 Å². The van der Waals surface area contributed by atoms with Crippen molar-refractivity contribution in [1.29, 1.82) is 0 Å². The molecule has 2 aromatic carbocycles. The fraction of sp³-hybridized carbons (Fsp3) is 0.222. The van der Waals surface area contributed by atoms with Crippen LogP contribution in [0, 0.1) is 0 Å². The van der Waals surface area contributed by atoms with Gasteiger partial charge in [0.15, 0.2) is 0 Å². The molecule has 2 amide bonds. The summed E-state index contributed by atoms with van der Waals surface area (Å²) in [6.07, 6.45) is -0.309. The van der Waals surface area contributed by atoms with Gasteiger partial charge in [-0.1, -0.05) is 32.0 Å². The number of hydrogen-bond donors (Lipinski definition) is 3. The molecule has 0 unspecified atom stereocenters. The summed E-state index contributed by atoms with van der Waals surface area (Å²) >= 11 is 0. The lowest BCUT2D eigenvalue weighted by molar-refractivity contribution is -0.123. The van der Waals surface area contributed by atoms with E-state index in [-0.39, 0.29) is 22.9 Å². The smallest absolute Gasteiger partial charge is 0.261 e. The molecule has 0 atom stereocenters. The van der Waals surface area contributed by atoms with E-state index in [1.807, 2.05) is 26.0 Å². The number of carbonyl (C=O) groups excluding carboxylic acids is 2. The molecule has 3 N–H and O–H groups in total. The zero-order valence-corrected chi connectivity index (χ0v) is 15.2. The Morgan fingerprint density at radius 3 is 2.31 bits per heavy atom. The zero-order chi connectivity index (χ0) is 18.9. The monoisotopic (exact) mass is 373 g/mol. The summed E-state index contributed by atoms with van der Waals surface area (Å²) in [7, 11) is -3.86. The van der Waals surface area contributed by atoms with Gasteiger partial charge in [-0.2, -0.15) is 0 Å². The largest absolute Gasteiger partial charge is 0.324 e.